The Kier molecular flexibility index (Phi) is 6.65. The first-order valence-corrected chi connectivity index (χ1v) is 6.43. The summed E-state index contributed by atoms with van der Waals surface area (Å²) in [4.78, 5) is 0. The smallest absolute Gasteiger partial charge is 0.371 e. The summed E-state index contributed by atoms with van der Waals surface area (Å²) >= 11 is 0. The zero-order valence-electron chi connectivity index (χ0n) is 12.1. The summed E-state index contributed by atoms with van der Waals surface area (Å²) in [7, 11) is 0. The predicted molar refractivity (Wildman–Crippen MR) is 67.6 cm³/mol. The van der Waals surface area contributed by atoms with Crippen LogP contribution in [0.1, 0.15) is 47.5 Å². The van der Waals surface area contributed by atoms with Gasteiger partial charge in [0.1, 0.15) is 6.61 Å². The molecule has 0 spiro atoms. The van der Waals surface area contributed by atoms with Crippen LogP contribution in [0.15, 0.2) is 0 Å². The van der Waals surface area contributed by atoms with Crippen molar-refractivity contribution in [1.29, 1.82) is 0 Å². The molecule has 0 aliphatic rings. The Morgan fingerprint density at radius 3 is 1.78 bits per heavy atom. The first-order chi connectivity index (χ1) is 8.04. The van der Waals surface area contributed by atoms with E-state index in [9.17, 15) is 13.2 Å². The Morgan fingerprint density at radius 2 is 1.44 bits per heavy atom. The minimum Gasteiger partial charge on any atom is -0.371 e. The third kappa shape index (κ3) is 7.93. The minimum absolute atomic E-state index is 0.0420. The standard InChI is InChI=1S/C13H26F3NO/c1-6-12(7-2,8-17-11(3,4)5)9-18-10-13(14,15)16/h17H,6-10H2,1-5H3. The van der Waals surface area contributed by atoms with Gasteiger partial charge in [0, 0.05) is 17.5 Å². The van der Waals surface area contributed by atoms with Gasteiger partial charge in [-0.15, -0.1) is 0 Å². The maximum absolute atomic E-state index is 12.1. The van der Waals surface area contributed by atoms with E-state index in [4.69, 9.17) is 4.74 Å². The maximum Gasteiger partial charge on any atom is 0.411 e. The van der Waals surface area contributed by atoms with Gasteiger partial charge >= 0.3 is 6.18 Å². The van der Waals surface area contributed by atoms with Gasteiger partial charge in [-0.2, -0.15) is 13.2 Å². The van der Waals surface area contributed by atoms with E-state index in [1.54, 1.807) is 0 Å². The fraction of sp³-hybridized carbons (Fsp3) is 1.00. The van der Waals surface area contributed by atoms with Crippen molar-refractivity contribution in [2.45, 2.75) is 59.2 Å². The lowest BCUT2D eigenvalue weighted by Gasteiger charge is -2.35. The monoisotopic (exact) mass is 269 g/mol. The number of alkyl halides is 3. The Balaban J connectivity index is 4.34. The summed E-state index contributed by atoms with van der Waals surface area (Å²) < 4.78 is 41.1. The number of hydrogen-bond donors (Lipinski definition) is 1. The molecule has 0 atom stereocenters. The van der Waals surface area contributed by atoms with Gasteiger partial charge in [0.25, 0.3) is 0 Å². The van der Waals surface area contributed by atoms with Crippen molar-refractivity contribution in [1.82, 2.24) is 5.32 Å². The molecule has 0 bridgehead atoms. The van der Waals surface area contributed by atoms with E-state index in [2.05, 4.69) is 5.32 Å². The molecular weight excluding hydrogens is 243 g/mol. The van der Waals surface area contributed by atoms with Crippen LogP contribution in [0.3, 0.4) is 0 Å². The molecule has 0 saturated heterocycles. The van der Waals surface area contributed by atoms with E-state index in [1.807, 2.05) is 34.6 Å². The van der Waals surface area contributed by atoms with Crippen LogP contribution < -0.4 is 5.32 Å². The van der Waals surface area contributed by atoms with Crippen LogP contribution in [0.2, 0.25) is 0 Å². The number of rotatable bonds is 7. The number of hydrogen-bond acceptors (Lipinski definition) is 2. The summed E-state index contributed by atoms with van der Waals surface area (Å²) in [5.41, 5.74) is -0.266. The maximum atomic E-state index is 12.1. The van der Waals surface area contributed by atoms with Crippen molar-refractivity contribution in [3.63, 3.8) is 0 Å². The van der Waals surface area contributed by atoms with Crippen LogP contribution in [-0.4, -0.2) is 31.5 Å². The van der Waals surface area contributed by atoms with Gasteiger partial charge in [0.15, 0.2) is 0 Å². The molecule has 5 heteroatoms. The summed E-state index contributed by atoms with van der Waals surface area (Å²) in [6.45, 7) is 9.75. The fourth-order valence-corrected chi connectivity index (χ4v) is 1.59. The summed E-state index contributed by atoms with van der Waals surface area (Å²) in [6, 6.07) is 0. The van der Waals surface area contributed by atoms with Crippen LogP contribution in [0.4, 0.5) is 13.2 Å². The number of nitrogens with one attached hydrogen (secondary N) is 1. The highest BCUT2D eigenvalue weighted by Gasteiger charge is 2.32. The fourth-order valence-electron chi connectivity index (χ4n) is 1.59. The number of ether oxygens (including phenoxy) is 1. The Labute approximate surface area is 108 Å². The highest BCUT2D eigenvalue weighted by molar-refractivity contribution is 4.83. The molecule has 0 aromatic rings. The highest BCUT2D eigenvalue weighted by atomic mass is 19.4. The van der Waals surface area contributed by atoms with Gasteiger partial charge in [-0.1, -0.05) is 13.8 Å². The molecule has 0 radical (unpaired) electrons. The lowest BCUT2D eigenvalue weighted by molar-refractivity contribution is -0.181. The molecule has 0 aromatic carbocycles. The lowest BCUT2D eigenvalue weighted by atomic mass is 9.82. The van der Waals surface area contributed by atoms with E-state index in [-0.39, 0.29) is 17.6 Å². The normalized spacial score (nSPS) is 14.0. The van der Waals surface area contributed by atoms with E-state index in [0.717, 1.165) is 12.8 Å². The van der Waals surface area contributed by atoms with Crippen molar-refractivity contribution >= 4 is 0 Å². The molecule has 0 saturated carbocycles. The van der Waals surface area contributed by atoms with Crippen LogP contribution in [0.25, 0.3) is 0 Å². The first kappa shape index (κ1) is 17.7. The second-order valence-corrected chi connectivity index (χ2v) is 5.92. The third-order valence-electron chi connectivity index (χ3n) is 3.17. The molecule has 18 heavy (non-hydrogen) atoms. The van der Waals surface area contributed by atoms with E-state index in [1.165, 1.54) is 0 Å². The SMILES string of the molecule is CCC(CC)(CNC(C)(C)C)COCC(F)(F)F. The summed E-state index contributed by atoms with van der Waals surface area (Å²) in [6.07, 6.45) is -2.65. The zero-order valence-corrected chi connectivity index (χ0v) is 12.1. The Morgan fingerprint density at radius 1 is 0.944 bits per heavy atom. The molecule has 0 aromatic heterocycles. The van der Waals surface area contributed by atoms with Gasteiger partial charge < -0.3 is 10.1 Å². The number of halogens is 3. The highest BCUT2D eigenvalue weighted by Crippen LogP contribution is 2.27. The zero-order chi connectivity index (χ0) is 14.4. The Bertz CT molecular complexity index is 229. The van der Waals surface area contributed by atoms with Crippen LogP contribution in [-0.2, 0) is 4.74 Å². The lowest BCUT2D eigenvalue weighted by Crippen LogP contribution is -2.45. The predicted octanol–water partition coefficient (Wildman–Crippen LogP) is 3.76. The topological polar surface area (TPSA) is 21.3 Å². The summed E-state index contributed by atoms with van der Waals surface area (Å²) in [5, 5.41) is 3.35. The molecule has 0 amide bonds. The molecular formula is C13H26F3NO. The molecule has 110 valence electrons. The second-order valence-electron chi connectivity index (χ2n) is 5.92. The van der Waals surface area contributed by atoms with Crippen molar-refractivity contribution in [3.8, 4) is 0 Å². The molecule has 0 unspecified atom stereocenters. The molecule has 0 aliphatic heterocycles. The largest absolute Gasteiger partial charge is 0.411 e. The average Bonchev–Trinajstić information content (AvgIpc) is 2.20. The molecule has 1 N–H and O–H groups in total. The van der Waals surface area contributed by atoms with E-state index >= 15 is 0 Å². The molecule has 0 heterocycles. The van der Waals surface area contributed by atoms with Gasteiger partial charge in [0.2, 0.25) is 0 Å². The van der Waals surface area contributed by atoms with Crippen molar-refractivity contribution in [2.75, 3.05) is 19.8 Å². The van der Waals surface area contributed by atoms with Gasteiger partial charge in [-0.3, -0.25) is 0 Å². The third-order valence-corrected chi connectivity index (χ3v) is 3.17. The second kappa shape index (κ2) is 6.75. The molecule has 0 rings (SSSR count). The van der Waals surface area contributed by atoms with Crippen molar-refractivity contribution < 1.29 is 17.9 Å². The van der Waals surface area contributed by atoms with Gasteiger partial charge in [-0.25, -0.2) is 0 Å². The summed E-state index contributed by atoms with van der Waals surface area (Å²) in [5.74, 6) is 0. The minimum atomic E-state index is -4.25. The Hall–Kier alpha value is -0.290. The molecule has 0 fully saturated rings. The van der Waals surface area contributed by atoms with Crippen LogP contribution in [0, 0.1) is 5.41 Å². The average molecular weight is 269 g/mol. The molecule has 0 aliphatic carbocycles. The van der Waals surface area contributed by atoms with E-state index in [0.29, 0.717) is 6.54 Å². The quantitative estimate of drug-likeness (QED) is 0.760. The van der Waals surface area contributed by atoms with Crippen molar-refractivity contribution in [3.05, 3.63) is 0 Å². The van der Waals surface area contributed by atoms with Crippen LogP contribution in [0.5, 0.6) is 0 Å². The molecule has 2 nitrogen and oxygen atoms in total. The van der Waals surface area contributed by atoms with Crippen molar-refractivity contribution in [2.24, 2.45) is 5.41 Å². The van der Waals surface area contributed by atoms with Crippen LogP contribution >= 0.6 is 0 Å². The van der Waals surface area contributed by atoms with E-state index < -0.39 is 12.8 Å². The van der Waals surface area contributed by atoms with Gasteiger partial charge in [-0.05, 0) is 33.6 Å². The van der Waals surface area contributed by atoms with Gasteiger partial charge in [0.05, 0.1) is 6.61 Å². The first-order valence-electron chi connectivity index (χ1n) is 6.43.